The van der Waals surface area contributed by atoms with Crippen LogP contribution in [0.2, 0.25) is 0 Å². The third-order valence-electron chi connectivity index (χ3n) is 3.62. The second kappa shape index (κ2) is 7.98. The number of hydrogen-bond acceptors (Lipinski definition) is 4. The van der Waals surface area contributed by atoms with Gasteiger partial charge in [-0.2, -0.15) is 0 Å². The normalized spacial score (nSPS) is 13.6. The van der Waals surface area contributed by atoms with Crippen LogP contribution in [0.4, 0.5) is 4.39 Å². The van der Waals surface area contributed by atoms with Crippen molar-refractivity contribution in [2.45, 2.75) is 33.1 Å². The highest BCUT2D eigenvalue weighted by atomic mass is 19.1. The Hall–Kier alpha value is -1.62. The van der Waals surface area contributed by atoms with E-state index < -0.39 is 11.2 Å². The maximum atomic E-state index is 14.3. The summed E-state index contributed by atoms with van der Waals surface area (Å²) in [4.78, 5) is 12.3. The number of benzene rings is 1. The highest BCUT2D eigenvalue weighted by Gasteiger charge is 2.38. The van der Waals surface area contributed by atoms with E-state index in [9.17, 15) is 9.18 Å². The molecular formula is C16H24FNO3. The molecule has 0 fully saturated rings. The second-order valence-electron chi connectivity index (χ2n) is 5.07. The van der Waals surface area contributed by atoms with Gasteiger partial charge in [0, 0.05) is 6.54 Å². The Morgan fingerprint density at radius 2 is 2.10 bits per heavy atom. The average Bonchev–Trinajstić information content (AvgIpc) is 2.49. The molecule has 118 valence electrons. The van der Waals surface area contributed by atoms with Gasteiger partial charge in [0.15, 0.2) is 11.6 Å². The van der Waals surface area contributed by atoms with Crippen LogP contribution in [0, 0.1) is 11.2 Å². The molecule has 0 radical (unpaired) electrons. The molecule has 2 N–H and O–H groups in total. The third kappa shape index (κ3) is 3.94. The van der Waals surface area contributed by atoms with Crippen molar-refractivity contribution in [3.8, 4) is 5.75 Å². The molecule has 1 rings (SSSR count). The number of ether oxygens (including phenoxy) is 2. The van der Waals surface area contributed by atoms with Crippen LogP contribution >= 0.6 is 0 Å². The minimum Gasteiger partial charge on any atom is -0.494 e. The number of rotatable bonds is 8. The van der Waals surface area contributed by atoms with Crippen molar-refractivity contribution in [3.05, 3.63) is 29.6 Å². The Morgan fingerprint density at radius 1 is 1.38 bits per heavy atom. The Morgan fingerprint density at radius 3 is 2.62 bits per heavy atom. The Bertz CT molecular complexity index is 479. The van der Waals surface area contributed by atoms with Gasteiger partial charge in [-0.15, -0.1) is 0 Å². The first-order valence-electron chi connectivity index (χ1n) is 7.23. The van der Waals surface area contributed by atoms with Gasteiger partial charge in [-0.1, -0.05) is 25.5 Å². The van der Waals surface area contributed by atoms with Crippen molar-refractivity contribution in [2.75, 3.05) is 20.3 Å². The number of esters is 1. The average molecular weight is 297 g/mol. The molecule has 5 heteroatoms. The lowest BCUT2D eigenvalue weighted by Gasteiger charge is -2.30. The maximum absolute atomic E-state index is 14.3. The molecule has 0 amide bonds. The first-order valence-corrected chi connectivity index (χ1v) is 7.23. The van der Waals surface area contributed by atoms with Gasteiger partial charge in [-0.05, 0) is 31.4 Å². The standard InChI is InChI=1S/C16H24FNO3/c1-4-9-16(11-18,15(19)21-5-2)10-12-7-6-8-13(20-3)14(12)17/h6-8H,4-5,9-11,18H2,1-3H3. The van der Waals surface area contributed by atoms with Gasteiger partial charge in [0.25, 0.3) is 0 Å². The second-order valence-corrected chi connectivity index (χ2v) is 5.07. The van der Waals surface area contributed by atoms with Crippen LogP contribution in [0.1, 0.15) is 32.3 Å². The minimum absolute atomic E-state index is 0.121. The van der Waals surface area contributed by atoms with Crippen LogP contribution in [0.15, 0.2) is 18.2 Å². The summed E-state index contributed by atoms with van der Waals surface area (Å²) in [6.45, 7) is 4.12. The van der Waals surface area contributed by atoms with Gasteiger partial charge in [0.05, 0.1) is 19.1 Å². The lowest BCUT2D eigenvalue weighted by Crippen LogP contribution is -2.42. The third-order valence-corrected chi connectivity index (χ3v) is 3.62. The van der Waals surface area contributed by atoms with E-state index in [4.69, 9.17) is 15.2 Å². The summed E-state index contributed by atoms with van der Waals surface area (Å²) in [6, 6.07) is 4.90. The van der Waals surface area contributed by atoms with Crippen molar-refractivity contribution in [3.63, 3.8) is 0 Å². The molecule has 0 aromatic heterocycles. The van der Waals surface area contributed by atoms with Crippen LogP contribution in [0.25, 0.3) is 0 Å². The summed E-state index contributed by atoms with van der Waals surface area (Å²) in [5.41, 5.74) is 5.37. The number of halogens is 1. The molecule has 1 unspecified atom stereocenters. The lowest BCUT2D eigenvalue weighted by atomic mass is 9.77. The lowest BCUT2D eigenvalue weighted by molar-refractivity contribution is -0.155. The molecule has 0 bridgehead atoms. The smallest absolute Gasteiger partial charge is 0.313 e. The van der Waals surface area contributed by atoms with E-state index in [1.165, 1.54) is 7.11 Å². The molecule has 0 spiro atoms. The van der Waals surface area contributed by atoms with Crippen molar-refractivity contribution in [2.24, 2.45) is 11.1 Å². The minimum atomic E-state index is -0.891. The van der Waals surface area contributed by atoms with Crippen LogP contribution in [0.5, 0.6) is 5.75 Å². The van der Waals surface area contributed by atoms with E-state index in [0.717, 1.165) is 6.42 Å². The molecule has 21 heavy (non-hydrogen) atoms. The molecule has 1 aromatic rings. The van der Waals surface area contributed by atoms with Crippen molar-refractivity contribution < 1.29 is 18.7 Å². The van der Waals surface area contributed by atoms with E-state index in [1.807, 2.05) is 6.92 Å². The molecule has 4 nitrogen and oxygen atoms in total. The Kier molecular flexibility index (Phi) is 6.62. The van der Waals surface area contributed by atoms with Gasteiger partial charge in [0.1, 0.15) is 0 Å². The SMILES string of the molecule is CCCC(CN)(Cc1cccc(OC)c1F)C(=O)OCC. The number of carbonyl (C=O) groups is 1. The first kappa shape index (κ1) is 17.4. The van der Waals surface area contributed by atoms with Gasteiger partial charge < -0.3 is 15.2 Å². The van der Waals surface area contributed by atoms with Gasteiger partial charge in [0.2, 0.25) is 0 Å². The highest BCUT2D eigenvalue weighted by Crippen LogP contribution is 2.32. The topological polar surface area (TPSA) is 61.5 Å². The van der Waals surface area contributed by atoms with E-state index >= 15 is 0 Å². The largest absolute Gasteiger partial charge is 0.494 e. The molecule has 1 aromatic carbocycles. The summed E-state index contributed by atoms with van der Waals surface area (Å²) in [5.74, 6) is -0.645. The highest BCUT2D eigenvalue weighted by molar-refractivity contribution is 5.77. The fourth-order valence-corrected chi connectivity index (χ4v) is 2.50. The number of methoxy groups -OCH3 is 1. The predicted molar refractivity (Wildman–Crippen MR) is 79.7 cm³/mol. The van der Waals surface area contributed by atoms with E-state index in [0.29, 0.717) is 12.0 Å². The Balaban J connectivity index is 3.14. The molecule has 1 atom stereocenters. The number of carbonyl (C=O) groups excluding carboxylic acids is 1. The van der Waals surface area contributed by atoms with Crippen LogP contribution in [-0.2, 0) is 16.0 Å². The fourth-order valence-electron chi connectivity index (χ4n) is 2.50. The van der Waals surface area contributed by atoms with Gasteiger partial charge in [-0.25, -0.2) is 4.39 Å². The molecule has 0 aliphatic heterocycles. The zero-order chi connectivity index (χ0) is 15.9. The molecule has 0 aliphatic carbocycles. The quantitative estimate of drug-likeness (QED) is 0.749. The number of nitrogens with two attached hydrogens (primary N) is 1. The maximum Gasteiger partial charge on any atom is 0.313 e. The van der Waals surface area contributed by atoms with Gasteiger partial charge >= 0.3 is 5.97 Å². The monoisotopic (exact) mass is 297 g/mol. The number of hydrogen-bond donors (Lipinski definition) is 1. The van der Waals surface area contributed by atoms with Crippen LogP contribution in [0.3, 0.4) is 0 Å². The first-order chi connectivity index (χ1) is 10.0. The summed E-state index contributed by atoms with van der Waals surface area (Å²) in [6.07, 6.45) is 1.53. The zero-order valence-electron chi connectivity index (χ0n) is 12.9. The molecule has 0 aliphatic rings. The van der Waals surface area contributed by atoms with Crippen LogP contribution < -0.4 is 10.5 Å². The van der Waals surface area contributed by atoms with Gasteiger partial charge in [-0.3, -0.25) is 4.79 Å². The summed E-state index contributed by atoms with van der Waals surface area (Å²) >= 11 is 0. The van der Waals surface area contributed by atoms with Crippen molar-refractivity contribution >= 4 is 5.97 Å². The molecule has 0 heterocycles. The van der Waals surface area contributed by atoms with Crippen molar-refractivity contribution in [1.29, 1.82) is 0 Å². The summed E-state index contributed by atoms with van der Waals surface area (Å²) in [7, 11) is 1.41. The summed E-state index contributed by atoms with van der Waals surface area (Å²) < 4.78 is 24.4. The van der Waals surface area contributed by atoms with E-state index in [-0.39, 0.29) is 31.3 Å². The zero-order valence-corrected chi connectivity index (χ0v) is 12.9. The predicted octanol–water partition coefficient (Wildman–Crippen LogP) is 2.69. The van der Waals surface area contributed by atoms with E-state index in [2.05, 4.69) is 0 Å². The molecule has 0 saturated heterocycles. The fraction of sp³-hybridized carbons (Fsp3) is 0.562. The molecular weight excluding hydrogens is 273 g/mol. The van der Waals surface area contributed by atoms with Crippen LogP contribution in [-0.4, -0.2) is 26.2 Å². The van der Waals surface area contributed by atoms with Crippen molar-refractivity contribution in [1.82, 2.24) is 0 Å². The Labute approximate surface area is 125 Å². The van der Waals surface area contributed by atoms with E-state index in [1.54, 1.807) is 25.1 Å². The summed E-state index contributed by atoms with van der Waals surface area (Å²) in [5, 5.41) is 0. The molecule has 0 saturated carbocycles.